The second kappa shape index (κ2) is 13.4. The predicted molar refractivity (Wildman–Crippen MR) is 151 cm³/mol. The van der Waals surface area contributed by atoms with Gasteiger partial charge in [-0.2, -0.15) is 0 Å². The van der Waals surface area contributed by atoms with Crippen LogP contribution in [0.2, 0.25) is 18.1 Å². The van der Waals surface area contributed by atoms with Crippen molar-refractivity contribution < 1.29 is 14.0 Å². The van der Waals surface area contributed by atoms with Crippen molar-refractivity contribution in [3.05, 3.63) is 73.4 Å². The largest absolute Gasteiger partial charge is 0.462 e. The lowest BCUT2D eigenvalue weighted by molar-refractivity contribution is -0.150. The van der Waals surface area contributed by atoms with Crippen LogP contribution >= 0.6 is 0 Å². The van der Waals surface area contributed by atoms with Crippen LogP contribution in [0.5, 0.6) is 0 Å². The van der Waals surface area contributed by atoms with Crippen molar-refractivity contribution in [3.8, 4) is 0 Å². The molecule has 2 rings (SSSR count). The van der Waals surface area contributed by atoms with Gasteiger partial charge in [0.05, 0.1) is 6.10 Å². The molecule has 1 aliphatic rings. The second-order valence-corrected chi connectivity index (χ2v) is 16.4. The summed E-state index contributed by atoms with van der Waals surface area (Å²) < 4.78 is 12.8. The van der Waals surface area contributed by atoms with Crippen molar-refractivity contribution in [3.63, 3.8) is 0 Å². The van der Waals surface area contributed by atoms with Gasteiger partial charge in [0.25, 0.3) is 0 Å². The molecule has 1 saturated carbocycles. The summed E-state index contributed by atoms with van der Waals surface area (Å²) in [4.78, 5) is 12.3. The highest BCUT2D eigenvalue weighted by Crippen LogP contribution is 2.43. The molecule has 0 unspecified atom stereocenters. The molecule has 0 radical (unpaired) electrons. The topological polar surface area (TPSA) is 35.5 Å². The molecule has 0 aromatic heterocycles. The Morgan fingerprint density at radius 2 is 1.86 bits per heavy atom. The number of esters is 1. The average molecular weight is 497 g/mol. The molecular formula is C31H48O3Si. The molecule has 0 amide bonds. The summed E-state index contributed by atoms with van der Waals surface area (Å²) in [5.41, 5.74) is 1.34. The van der Waals surface area contributed by atoms with E-state index >= 15 is 0 Å². The first kappa shape index (κ1) is 29.3. The van der Waals surface area contributed by atoms with Crippen LogP contribution in [0.1, 0.15) is 65.4 Å². The Bertz CT molecular complexity index is 837. The number of ether oxygens (including phenoxy) is 1. The molecule has 0 heterocycles. The third-order valence-corrected chi connectivity index (χ3v) is 12.4. The first-order chi connectivity index (χ1) is 16.5. The maximum absolute atomic E-state index is 12.3. The number of allylic oxidation sites excluding steroid dienone is 3. The summed E-state index contributed by atoms with van der Waals surface area (Å²) in [6, 6.07) is 10.7. The van der Waals surface area contributed by atoms with Crippen LogP contribution in [0.15, 0.2) is 67.8 Å². The highest BCUT2D eigenvalue weighted by Gasteiger charge is 2.42. The van der Waals surface area contributed by atoms with Gasteiger partial charge >= 0.3 is 5.97 Å². The van der Waals surface area contributed by atoms with Gasteiger partial charge in [-0.05, 0) is 67.6 Å². The zero-order valence-corrected chi connectivity index (χ0v) is 24.0. The van der Waals surface area contributed by atoms with Crippen molar-refractivity contribution in [1.29, 1.82) is 0 Å². The van der Waals surface area contributed by atoms with Gasteiger partial charge < -0.3 is 9.16 Å². The lowest BCUT2D eigenvalue weighted by Crippen LogP contribution is -2.43. The van der Waals surface area contributed by atoms with Crippen molar-refractivity contribution in [2.24, 2.45) is 17.8 Å². The normalized spacial score (nSPS) is 23.8. The molecule has 1 aliphatic carbocycles. The van der Waals surface area contributed by atoms with Gasteiger partial charge in [0, 0.05) is 12.3 Å². The van der Waals surface area contributed by atoms with Crippen LogP contribution in [-0.4, -0.2) is 26.5 Å². The zero-order chi connectivity index (χ0) is 26.1. The number of carbonyl (C=O) groups is 1. The number of benzene rings is 1. The third kappa shape index (κ3) is 8.91. The van der Waals surface area contributed by atoms with E-state index < -0.39 is 8.32 Å². The van der Waals surface area contributed by atoms with Crippen LogP contribution < -0.4 is 0 Å². The fourth-order valence-electron chi connectivity index (χ4n) is 4.74. The number of aryl methyl sites for hydroxylation is 1. The van der Waals surface area contributed by atoms with Crippen molar-refractivity contribution in [1.82, 2.24) is 0 Å². The van der Waals surface area contributed by atoms with Crippen LogP contribution in [0.4, 0.5) is 0 Å². The monoisotopic (exact) mass is 496 g/mol. The molecular weight excluding hydrogens is 448 g/mol. The lowest BCUT2D eigenvalue weighted by atomic mass is 9.87. The molecule has 0 N–H and O–H groups in total. The average Bonchev–Trinajstić information content (AvgIpc) is 3.08. The maximum atomic E-state index is 12.3. The van der Waals surface area contributed by atoms with Crippen LogP contribution in [0.3, 0.4) is 0 Å². The van der Waals surface area contributed by atoms with Crippen molar-refractivity contribution >= 4 is 14.3 Å². The molecule has 1 fully saturated rings. The molecule has 35 heavy (non-hydrogen) atoms. The van der Waals surface area contributed by atoms with E-state index in [0.29, 0.717) is 24.7 Å². The lowest BCUT2D eigenvalue weighted by Gasteiger charge is -2.39. The SMILES string of the molecule is C=CCCC(=O)O[C@H]1C[C@@H](C)[C@H](/C=C/[C@H](CCc2ccccc2)O[Si](C)(C)C(C)(C)C)[C@H]1CC=C. The Balaban J connectivity index is 2.19. The third-order valence-electron chi connectivity index (χ3n) is 7.87. The number of rotatable bonds is 13. The van der Waals surface area contributed by atoms with Gasteiger partial charge in [-0.1, -0.05) is 82.3 Å². The van der Waals surface area contributed by atoms with Crippen LogP contribution in [0.25, 0.3) is 0 Å². The van der Waals surface area contributed by atoms with Gasteiger partial charge in [0.1, 0.15) is 6.10 Å². The first-order valence-corrected chi connectivity index (χ1v) is 16.2. The van der Waals surface area contributed by atoms with Gasteiger partial charge in [-0.25, -0.2) is 0 Å². The molecule has 0 aliphatic heterocycles. The first-order valence-electron chi connectivity index (χ1n) is 13.3. The molecule has 3 nitrogen and oxygen atoms in total. The zero-order valence-electron chi connectivity index (χ0n) is 23.0. The summed E-state index contributed by atoms with van der Waals surface area (Å²) >= 11 is 0. The van der Waals surface area contributed by atoms with E-state index in [4.69, 9.17) is 9.16 Å². The van der Waals surface area contributed by atoms with E-state index in [2.05, 4.69) is 96.4 Å². The number of carbonyl (C=O) groups excluding carboxylic acids is 1. The van der Waals surface area contributed by atoms with E-state index in [1.165, 1.54) is 5.56 Å². The van der Waals surface area contributed by atoms with Crippen molar-refractivity contribution in [2.75, 3.05) is 0 Å². The quantitative estimate of drug-likeness (QED) is 0.156. The Kier molecular flexibility index (Phi) is 11.2. The van der Waals surface area contributed by atoms with E-state index in [9.17, 15) is 4.79 Å². The molecule has 0 saturated heterocycles. The predicted octanol–water partition coefficient (Wildman–Crippen LogP) is 8.29. The van der Waals surface area contributed by atoms with E-state index in [0.717, 1.165) is 25.7 Å². The van der Waals surface area contributed by atoms with Gasteiger partial charge in [-0.15, -0.1) is 13.2 Å². The fourth-order valence-corrected chi connectivity index (χ4v) is 6.05. The standard InChI is InChI=1S/C31H48O3Si/c1-9-11-18-30(32)33-29-23-24(3)27(28(29)15-10-2)22-21-26(34-35(7,8)31(4,5)6)20-19-25-16-13-12-14-17-25/h9-10,12-14,16-17,21-22,24,26-29H,1-2,11,15,18-20,23H2,3-8H3/b22-21+/t24-,26+,27+,28-,29+/m1/s1. The highest BCUT2D eigenvalue weighted by molar-refractivity contribution is 6.74. The molecule has 4 heteroatoms. The number of hydrogen-bond acceptors (Lipinski definition) is 3. The number of hydrogen-bond donors (Lipinski definition) is 0. The van der Waals surface area contributed by atoms with E-state index in [1.54, 1.807) is 6.08 Å². The van der Waals surface area contributed by atoms with E-state index in [1.807, 2.05) is 6.08 Å². The Morgan fingerprint density at radius 3 is 2.46 bits per heavy atom. The minimum absolute atomic E-state index is 0.0564. The molecule has 1 aromatic rings. The summed E-state index contributed by atoms with van der Waals surface area (Å²) in [6.45, 7) is 21.5. The molecule has 194 valence electrons. The molecule has 5 atom stereocenters. The second-order valence-electron chi connectivity index (χ2n) is 11.7. The fraction of sp³-hybridized carbons (Fsp3) is 0.581. The van der Waals surface area contributed by atoms with E-state index in [-0.39, 0.29) is 29.1 Å². The van der Waals surface area contributed by atoms with Crippen LogP contribution in [0, 0.1) is 17.8 Å². The minimum atomic E-state index is -1.93. The summed E-state index contributed by atoms with van der Waals surface area (Å²) in [5.74, 6) is 0.917. The minimum Gasteiger partial charge on any atom is -0.462 e. The maximum Gasteiger partial charge on any atom is 0.306 e. The molecule has 1 aromatic carbocycles. The summed E-state index contributed by atoms with van der Waals surface area (Å²) in [5, 5.41) is 0.155. The summed E-state index contributed by atoms with van der Waals surface area (Å²) in [7, 11) is -1.93. The van der Waals surface area contributed by atoms with Gasteiger partial charge in [0.2, 0.25) is 0 Å². The molecule has 0 spiro atoms. The Hall–Kier alpha value is -1.91. The van der Waals surface area contributed by atoms with Crippen molar-refractivity contribution in [2.45, 2.75) is 96.6 Å². The molecule has 0 bridgehead atoms. The summed E-state index contributed by atoms with van der Waals surface area (Å²) in [6.07, 6.45) is 13.2. The van der Waals surface area contributed by atoms with Gasteiger partial charge in [-0.3, -0.25) is 4.79 Å². The Labute approximate surface area is 215 Å². The van der Waals surface area contributed by atoms with Gasteiger partial charge in [0.15, 0.2) is 8.32 Å². The highest BCUT2D eigenvalue weighted by atomic mass is 28.4. The Morgan fingerprint density at radius 1 is 1.17 bits per heavy atom. The smallest absolute Gasteiger partial charge is 0.306 e. The van der Waals surface area contributed by atoms with Crippen LogP contribution in [-0.2, 0) is 20.4 Å².